The highest BCUT2D eigenvalue weighted by molar-refractivity contribution is 5.68. The van der Waals surface area contributed by atoms with Crippen molar-refractivity contribution in [1.29, 1.82) is 0 Å². The molecule has 0 aromatic heterocycles. The third-order valence-corrected chi connectivity index (χ3v) is 3.11. The smallest absolute Gasteiger partial charge is 0.151 e. The van der Waals surface area contributed by atoms with Gasteiger partial charge in [-0.3, -0.25) is 0 Å². The lowest BCUT2D eigenvalue weighted by atomic mass is 9.98. The summed E-state index contributed by atoms with van der Waals surface area (Å²) >= 11 is 0. The Hall–Kier alpha value is -1.36. The normalized spacial score (nSPS) is 21.5. The first-order valence-electron chi connectivity index (χ1n) is 6.29. The van der Waals surface area contributed by atoms with E-state index in [1.54, 1.807) is 0 Å². The molecule has 0 spiro atoms. The van der Waals surface area contributed by atoms with Gasteiger partial charge in [0.05, 0.1) is 22.6 Å². The number of nitrogen functional groups attached to an aromatic ring is 1. The van der Waals surface area contributed by atoms with E-state index in [1.807, 2.05) is 32.6 Å². The summed E-state index contributed by atoms with van der Waals surface area (Å²) in [7, 11) is 0. The third kappa shape index (κ3) is 2.97. The molecule has 0 bridgehead atoms. The van der Waals surface area contributed by atoms with Crippen LogP contribution in [-0.4, -0.2) is 24.3 Å². The summed E-state index contributed by atoms with van der Waals surface area (Å²) in [5, 5.41) is 0. The molecule has 1 aromatic carbocycles. The lowest BCUT2D eigenvalue weighted by molar-refractivity contribution is -0.133. The zero-order chi connectivity index (χ0) is 14.4. The van der Waals surface area contributed by atoms with Crippen LogP contribution in [0.4, 0.5) is 20.2 Å². The molecule has 1 heterocycles. The highest BCUT2D eigenvalue weighted by atomic mass is 19.1. The third-order valence-electron chi connectivity index (χ3n) is 3.11. The number of hydrogen-bond donors (Lipinski definition) is 1. The maximum atomic E-state index is 13.6. The van der Waals surface area contributed by atoms with Crippen molar-refractivity contribution in [3.63, 3.8) is 0 Å². The molecule has 0 unspecified atom stereocenters. The number of nitrogens with zero attached hydrogens (tertiary/aromatic N) is 1. The maximum Gasteiger partial charge on any atom is 0.151 e. The lowest BCUT2D eigenvalue weighted by Gasteiger charge is -2.48. The van der Waals surface area contributed by atoms with Crippen molar-refractivity contribution < 1.29 is 13.5 Å². The van der Waals surface area contributed by atoms with E-state index in [0.29, 0.717) is 18.8 Å². The van der Waals surface area contributed by atoms with Crippen molar-refractivity contribution in [3.8, 4) is 0 Å². The summed E-state index contributed by atoms with van der Waals surface area (Å²) in [5.41, 5.74) is 5.30. The van der Waals surface area contributed by atoms with Gasteiger partial charge < -0.3 is 15.4 Å². The van der Waals surface area contributed by atoms with Crippen LogP contribution in [0.2, 0.25) is 0 Å². The molecule has 2 N–H and O–H groups in total. The fourth-order valence-corrected chi connectivity index (χ4v) is 2.79. The number of rotatable bonds is 1. The van der Waals surface area contributed by atoms with Gasteiger partial charge in [-0.05, 0) is 33.8 Å². The van der Waals surface area contributed by atoms with Gasteiger partial charge in [0.1, 0.15) is 5.82 Å². The van der Waals surface area contributed by atoms with Gasteiger partial charge in [0.2, 0.25) is 0 Å². The van der Waals surface area contributed by atoms with Crippen molar-refractivity contribution in [3.05, 3.63) is 23.8 Å². The molecule has 0 atom stereocenters. The topological polar surface area (TPSA) is 38.5 Å². The van der Waals surface area contributed by atoms with E-state index in [4.69, 9.17) is 10.5 Å². The Morgan fingerprint density at radius 3 is 2.16 bits per heavy atom. The van der Waals surface area contributed by atoms with E-state index in [-0.39, 0.29) is 5.69 Å². The van der Waals surface area contributed by atoms with Gasteiger partial charge in [0.25, 0.3) is 0 Å². The first-order chi connectivity index (χ1) is 8.60. The predicted octanol–water partition coefficient (Wildman–Crippen LogP) is 2.94. The number of hydrogen-bond acceptors (Lipinski definition) is 3. The minimum atomic E-state index is -0.725. The Morgan fingerprint density at radius 2 is 1.63 bits per heavy atom. The molecule has 2 rings (SSSR count). The standard InChI is InChI=1S/C14H20F2N2O/c1-13(2)7-18(8-14(3,4)19-13)11-6-9(15)5-10(16)12(11)17/h5-6H,7-8,17H2,1-4H3. The molecule has 1 aliphatic rings. The fourth-order valence-electron chi connectivity index (χ4n) is 2.79. The molecule has 0 amide bonds. The van der Waals surface area contributed by atoms with Crippen LogP contribution in [-0.2, 0) is 4.74 Å². The molecular formula is C14H20F2N2O. The maximum absolute atomic E-state index is 13.6. The highest BCUT2D eigenvalue weighted by Gasteiger charge is 2.39. The first kappa shape index (κ1) is 14.1. The van der Waals surface area contributed by atoms with Crippen LogP contribution in [0.1, 0.15) is 27.7 Å². The second-order valence-electron chi connectivity index (χ2n) is 6.30. The molecule has 19 heavy (non-hydrogen) atoms. The Morgan fingerprint density at radius 1 is 1.11 bits per heavy atom. The van der Waals surface area contributed by atoms with Crippen molar-refractivity contribution in [2.24, 2.45) is 0 Å². The zero-order valence-corrected chi connectivity index (χ0v) is 11.8. The molecule has 0 saturated carbocycles. The van der Waals surface area contributed by atoms with Gasteiger partial charge in [-0.2, -0.15) is 0 Å². The number of anilines is 2. The van der Waals surface area contributed by atoms with Gasteiger partial charge in [-0.25, -0.2) is 8.78 Å². The summed E-state index contributed by atoms with van der Waals surface area (Å²) in [4.78, 5) is 1.88. The van der Waals surface area contributed by atoms with E-state index in [1.165, 1.54) is 6.07 Å². The minimum absolute atomic E-state index is 0.0186. The average molecular weight is 270 g/mol. The van der Waals surface area contributed by atoms with Gasteiger partial charge in [0, 0.05) is 19.2 Å². The molecule has 1 fully saturated rings. The molecule has 5 heteroatoms. The Kier molecular flexibility index (Phi) is 3.21. The predicted molar refractivity (Wildman–Crippen MR) is 72.2 cm³/mol. The first-order valence-corrected chi connectivity index (χ1v) is 6.29. The van der Waals surface area contributed by atoms with Crippen molar-refractivity contribution in [1.82, 2.24) is 0 Å². The van der Waals surface area contributed by atoms with E-state index in [0.717, 1.165) is 6.07 Å². The van der Waals surface area contributed by atoms with Gasteiger partial charge >= 0.3 is 0 Å². The van der Waals surface area contributed by atoms with Gasteiger partial charge in [-0.15, -0.1) is 0 Å². The van der Waals surface area contributed by atoms with E-state index < -0.39 is 22.8 Å². The second-order valence-corrected chi connectivity index (χ2v) is 6.30. The van der Waals surface area contributed by atoms with Crippen LogP contribution in [0.3, 0.4) is 0 Å². The summed E-state index contributed by atoms with van der Waals surface area (Å²) in [6, 6.07) is 2.07. The van der Waals surface area contributed by atoms with E-state index >= 15 is 0 Å². The van der Waals surface area contributed by atoms with Crippen LogP contribution in [0.25, 0.3) is 0 Å². The fraction of sp³-hybridized carbons (Fsp3) is 0.571. The van der Waals surface area contributed by atoms with Crippen LogP contribution < -0.4 is 10.6 Å². The quantitative estimate of drug-likeness (QED) is 0.797. The number of nitrogens with two attached hydrogens (primary N) is 1. The lowest BCUT2D eigenvalue weighted by Crippen LogP contribution is -2.57. The average Bonchev–Trinajstić information content (AvgIpc) is 2.18. The summed E-state index contributed by atoms with van der Waals surface area (Å²) in [6.07, 6.45) is 0. The molecule has 0 radical (unpaired) electrons. The second kappa shape index (κ2) is 4.34. The Labute approximate surface area is 112 Å². The minimum Gasteiger partial charge on any atom is -0.395 e. The SMILES string of the molecule is CC1(C)CN(c2cc(F)cc(F)c2N)CC(C)(C)O1. The molecule has 106 valence electrons. The molecule has 1 saturated heterocycles. The Balaban J connectivity index is 2.41. The molecule has 3 nitrogen and oxygen atoms in total. The van der Waals surface area contributed by atoms with E-state index in [9.17, 15) is 8.78 Å². The largest absolute Gasteiger partial charge is 0.395 e. The number of halogens is 2. The van der Waals surface area contributed by atoms with Gasteiger partial charge in [-0.1, -0.05) is 0 Å². The van der Waals surface area contributed by atoms with Crippen LogP contribution in [0, 0.1) is 11.6 Å². The summed E-state index contributed by atoms with van der Waals surface area (Å²) in [6.45, 7) is 8.87. The highest BCUT2D eigenvalue weighted by Crippen LogP contribution is 2.35. The summed E-state index contributed by atoms with van der Waals surface area (Å²) < 4.78 is 32.9. The van der Waals surface area contributed by atoms with Gasteiger partial charge in [0.15, 0.2) is 5.82 Å². The van der Waals surface area contributed by atoms with Crippen molar-refractivity contribution in [2.45, 2.75) is 38.9 Å². The van der Waals surface area contributed by atoms with E-state index in [2.05, 4.69) is 0 Å². The number of ether oxygens (including phenoxy) is 1. The van der Waals surface area contributed by atoms with Crippen LogP contribution >= 0.6 is 0 Å². The monoisotopic (exact) mass is 270 g/mol. The molecular weight excluding hydrogens is 250 g/mol. The summed E-state index contributed by atoms with van der Waals surface area (Å²) in [5.74, 6) is -1.35. The van der Waals surface area contributed by atoms with Crippen LogP contribution in [0.5, 0.6) is 0 Å². The number of morpholine rings is 1. The molecule has 1 aromatic rings. The van der Waals surface area contributed by atoms with Crippen molar-refractivity contribution >= 4 is 11.4 Å². The zero-order valence-electron chi connectivity index (χ0n) is 11.8. The van der Waals surface area contributed by atoms with Crippen LogP contribution in [0.15, 0.2) is 12.1 Å². The Bertz CT molecular complexity index is 484. The molecule has 0 aliphatic carbocycles. The molecule has 1 aliphatic heterocycles. The number of benzene rings is 1. The van der Waals surface area contributed by atoms with Crippen molar-refractivity contribution in [2.75, 3.05) is 23.7 Å².